The van der Waals surface area contributed by atoms with Crippen molar-refractivity contribution in [2.45, 2.75) is 13.3 Å². The third kappa shape index (κ3) is 6.30. The molecule has 1 aromatic carbocycles. The van der Waals surface area contributed by atoms with Crippen molar-refractivity contribution in [2.75, 3.05) is 27.3 Å². The monoisotopic (exact) mass is 306 g/mol. The highest BCUT2D eigenvalue weighted by molar-refractivity contribution is 5.92. The quantitative estimate of drug-likeness (QED) is 0.561. The van der Waals surface area contributed by atoms with Crippen LogP contribution in [0.2, 0.25) is 0 Å². The first-order chi connectivity index (χ1) is 10.6. The van der Waals surface area contributed by atoms with Gasteiger partial charge in [-0.1, -0.05) is 0 Å². The minimum absolute atomic E-state index is 0.0728. The van der Waals surface area contributed by atoms with Crippen molar-refractivity contribution in [1.82, 2.24) is 10.6 Å². The van der Waals surface area contributed by atoms with E-state index in [0.29, 0.717) is 31.0 Å². The van der Waals surface area contributed by atoms with Gasteiger partial charge in [0.25, 0.3) is 0 Å². The van der Waals surface area contributed by atoms with E-state index in [1.807, 2.05) is 0 Å². The molecule has 1 aromatic rings. The van der Waals surface area contributed by atoms with Gasteiger partial charge in [0.2, 0.25) is 11.8 Å². The lowest BCUT2D eigenvalue weighted by Crippen LogP contribution is -2.27. The molecule has 6 nitrogen and oxygen atoms in total. The number of rotatable bonds is 8. The maximum absolute atomic E-state index is 11.7. The molecule has 0 heterocycles. The molecule has 0 saturated heterocycles. The number of carbonyl (C=O) groups excluding carboxylic acids is 2. The highest BCUT2D eigenvalue weighted by Crippen LogP contribution is 2.24. The Labute approximate surface area is 130 Å². The number of hydrogen-bond acceptors (Lipinski definition) is 4. The summed E-state index contributed by atoms with van der Waals surface area (Å²) in [6, 6.07) is 5.36. The van der Waals surface area contributed by atoms with Crippen LogP contribution in [0.4, 0.5) is 0 Å². The van der Waals surface area contributed by atoms with E-state index in [1.165, 1.54) is 13.0 Å². The fraction of sp³-hybridized carbons (Fsp3) is 0.375. The molecule has 0 fully saturated rings. The van der Waals surface area contributed by atoms with Crippen LogP contribution in [0, 0.1) is 0 Å². The Bertz CT molecular complexity index is 541. The van der Waals surface area contributed by atoms with Gasteiger partial charge in [-0.25, -0.2) is 0 Å². The Morgan fingerprint density at radius 1 is 1.14 bits per heavy atom. The van der Waals surface area contributed by atoms with E-state index in [0.717, 1.165) is 5.56 Å². The lowest BCUT2D eigenvalue weighted by Gasteiger charge is -2.07. The third-order valence-electron chi connectivity index (χ3n) is 2.88. The molecule has 0 spiro atoms. The fourth-order valence-electron chi connectivity index (χ4n) is 1.76. The first-order valence-electron chi connectivity index (χ1n) is 6.99. The van der Waals surface area contributed by atoms with Crippen LogP contribution in [0.5, 0.6) is 11.5 Å². The normalized spacial score (nSPS) is 10.3. The highest BCUT2D eigenvalue weighted by Gasteiger charge is 2.03. The summed E-state index contributed by atoms with van der Waals surface area (Å²) in [7, 11) is 3.15. The van der Waals surface area contributed by atoms with E-state index >= 15 is 0 Å². The summed E-state index contributed by atoms with van der Waals surface area (Å²) in [6.07, 6.45) is 3.79. The molecule has 0 aromatic heterocycles. The van der Waals surface area contributed by atoms with Crippen LogP contribution in [0.1, 0.15) is 18.9 Å². The molecule has 0 radical (unpaired) electrons. The Morgan fingerprint density at radius 3 is 2.50 bits per heavy atom. The first-order valence-corrected chi connectivity index (χ1v) is 6.99. The summed E-state index contributed by atoms with van der Waals surface area (Å²) in [6.45, 7) is 2.50. The molecule has 0 saturated carbocycles. The van der Waals surface area contributed by atoms with E-state index < -0.39 is 0 Å². The fourth-order valence-corrected chi connectivity index (χ4v) is 1.76. The second kappa shape index (κ2) is 9.44. The van der Waals surface area contributed by atoms with Crippen LogP contribution in [0.3, 0.4) is 0 Å². The van der Waals surface area contributed by atoms with Gasteiger partial charge in [0.05, 0.1) is 14.2 Å². The number of nitrogens with one attached hydrogen (secondary N) is 2. The SMILES string of the molecule is COc1ccc(OC)c(/C=C/C(=O)NCCCNC(C)=O)c1. The molecule has 2 N–H and O–H groups in total. The van der Waals surface area contributed by atoms with Crippen LogP contribution in [-0.4, -0.2) is 39.1 Å². The van der Waals surface area contributed by atoms with Crippen LogP contribution in [-0.2, 0) is 9.59 Å². The molecule has 120 valence electrons. The Kier molecular flexibility index (Phi) is 7.53. The number of ether oxygens (including phenoxy) is 2. The third-order valence-corrected chi connectivity index (χ3v) is 2.88. The maximum Gasteiger partial charge on any atom is 0.244 e. The van der Waals surface area contributed by atoms with Crippen LogP contribution in [0.15, 0.2) is 24.3 Å². The summed E-state index contributed by atoms with van der Waals surface area (Å²) in [4.78, 5) is 22.4. The summed E-state index contributed by atoms with van der Waals surface area (Å²) in [5.41, 5.74) is 0.759. The topological polar surface area (TPSA) is 76.7 Å². The van der Waals surface area contributed by atoms with E-state index in [9.17, 15) is 9.59 Å². The Morgan fingerprint density at radius 2 is 1.86 bits per heavy atom. The van der Waals surface area contributed by atoms with Crippen LogP contribution in [0.25, 0.3) is 6.08 Å². The molecule has 0 unspecified atom stereocenters. The van der Waals surface area contributed by atoms with Gasteiger partial charge >= 0.3 is 0 Å². The minimum atomic E-state index is -0.201. The number of methoxy groups -OCH3 is 2. The van der Waals surface area contributed by atoms with E-state index in [2.05, 4.69) is 10.6 Å². The van der Waals surface area contributed by atoms with Gasteiger partial charge < -0.3 is 20.1 Å². The second-order valence-corrected chi connectivity index (χ2v) is 4.57. The predicted molar refractivity (Wildman–Crippen MR) is 84.9 cm³/mol. The zero-order valence-electron chi connectivity index (χ0n) is 13.1. The van der Waals surface area contributed by atoms with Gasteiger partial charge in [-0.2, -0.15) is 0 Å². The Balaban J connectivity index is 2.49. The minimum Gasteiger partial charge on any atom is -0.497 e. The summed E-state index contributed by atoms with van der Waals surface area (Å²) in [5.74, 6) is 1.08. The molecule has 0 bridgehead atoms. The molecule has 0 atom stereocenters. The van der Waals surface area contributed by atoms with Crippen molar-refractivity contribution in [3.8, 4) is 11.5 Å². The van der Waals surface area contributed by atoms with Crippen LogP contribution >= 0.6 is 0 Å². The summed E-state index contributed by atoms with van der Waals surface area (Å²) in [5, 5.41) is 5.41. The average molecular weight is 306 g/mol. The van der Waals surface area contributed by atoms with Crippen molar-refractivity contribution >= 4 is 17.9 Å². The zero-order valence-corrected chi connectivity index (χ0v) is 13.1. The molecule has 6 heteroatoms. The average Bonchev–Trinajstić information content (AvgIpc) is 2.51. The summed E-state index contributed by atoms with van der Waals surface area (Å²) < 4.78 is 10.4. The standard InChI is InChI=1S/C16H22N2O4/c1-12(19)17-9-4-10-18-16(20)8-5-13-11-14(21-2)6-7-15(13)22-3/h5-8,11H,4,9-10H2,1-3H3,(H,17,19)(H,18,20)/b8-5+. The van der Waals surface area contributed by atoms with Crippen LogP contribution < -0.4 is 20.1 Å². The zero-order chi connectivity index (χ0) is 16.4. The number of benzene rings is 1. The molecular weight excluding hydrogens is 284 g/mol. The van der Waals surface area contributed by atoms with Gasteiger partial charge in [-0.05, 0) is 30.7 Å². The van der Waals surface area contributed by atoms with Crippen molar-refractivity contribution in [1.29, 1.82) is 0 Å². The lowest BCUT2D eigenvalue weighted by atomic mass is 10.1. The molecule has 1 rings (SSSR count). The second-order valence-electron chi connectivity index (χ2n) is 4.57. The maximum atomic E-state index is 11.7. The first kappa shape index (κ1) is 17.6. The van der Waals surface area contributed by atoms with E-state index in [1.54, 1.807) is 38.5 Å². The lowest BCUT2D eigenvalue weighted by molar-refractivity contribution is -0.119. The molecule has 22 heavy (non-hydrogen) atoms. The van der Waals surface area contributed by atoms with Gasteiger partial charge in [-0.15, -0.1) is 0 Å². The number of hydrogen-bond donors (Lipinski definition) is 2. The van der Waals surface area contributed by atoms with Gasteiger partial charge in [0.15, 0.2) is 0 Å². The van der Waals surface area contributed by atoms with Crippen molar-refractivity contribution in [2.24, 2.45) is 0 Å². The predicted octanol–water partition coefficient (Wildman–Crippen LogP) is 1.36. The molecule has 0 aliphatic heterocycles. The molecule has 0 aliphatic carbocycles. The Hall–Kier alpha value is -2.50. The largest absolute Gasteiger partial charge is 0.497 e. The van der Waals surface area contributed by atoms with Gasteiger partial charge in [-0.3, -0.25) is 9.59 Å². The van der Waals surface area contributed by atoms with E-state index in [4.69, 9.17) is 9.47 Å². The van der Waals surface area contributed by atoms with E-state index in [-0.39, 0.29) is 11.8 Å². The van der Waals surface area contributed by atoms with Crippen molar-refractivity contribution in [3.63, 3.8) is 0 Å². The highest BCUT2D eigenvalue weighted by atomic mass is 16.5. The molecular formula is C16H22N2O4. The number of carbonyl (C=O) groups is 2. The summed E-state index contributed by atoms with van der Waals surface area (Å²) >= 11 is 0. The molecule has 0 aliphatic rings. The van der Waals surface area contributed by atoms with Gasteiger partial charge in [0, 0.05) is 31.7 Å². The smallest absolute Gasteiger partial charge is 0.244 e. The van der Waals surface area contributed by atoms with Crippen molar-refractivity contribution in [3.05, 3.63) is 29.8 Å². The molecule has 2 amide bonds. The number of amides is 2. The van der Waals surface area contributed by atoms with Gasteiger partial charge in [0.1, 0.15) is 11.5 Å². The van der Waals surface area contributed by atoms with Crippen molar-refractivity contribution < 1.29 is 19.1 Å².